The van der Waals surface area contributed by atoms with Crippen LogP contribution in [0.2, 0.25) is 0 Å². The van der Waals surface area contributed by atoms with Crippen LogP contribution in [0.15, 0.2) is 42.6 Å². The summed E-state index contributed by atoms with van der Waals surface area (Å²) in [6, 6.07) is 11.8. The van der Waals surface area contributed by atoms with Gasteiger partial charge in [0.2, 0.25) is 0 Å². The molecule has 1 unspecified atom stereocenters. The molecule has 35 heavy (non-hydrogen) atoms. The van der Waals surface area contributed by atoms with Gasteiger partial charge in [-0.05, 0) is 80.8 Å². The second-order valence-corrected chi connectivity index (χ2v) is 9.85. The molecule has 0 fully saturated rings. The predicted octanol–water partition coefficient (Wildman–Crippen LogP) is 5.68. The summed E-state index contributed by atoms with van der Waals surface area (Å²) in [4.78, 5) is 22.1. The third-order valence-electron chi connectivity index (χ3n) is 6.29. The SMILES string of the molecule is CNc1ccc2c(-c3ccc4c5c(ccnc35)CCO4)c(C(OC(C)(C)C)C(=O)O)c(C)cc2n1. The summed E-state index contributed by atoms with van der Waals surface area (Å²) in [5, 5.41) is 15.2. The normalized spacial score (nSPS) is 14.1. The maximum Gasteiger partial charge on any atom is 0.337 e. The number of rotatable bonds is 5. The number of pyridine rings is 2. The highest BCUT2D eigenvalue weighted by atomic mass is 16.5. The van der Waals surface area contributed by atoms with E-state index >= 15 is 0 Å². The molecular formula is C28H29N3O4. The molecule has 7 heteroatoms. The molecule has 0 saturated carbocycles. The number of nitrogens with zero attached hydrogens (tertiary/aromatic N) is 2. The molecule has 0 saturated heterocycles. The number of aromatic nitrogens is 2. The van der Waals surface area contributed by atoms with Crippen LogP contribution in [0.5, 0.6) is 5.75 Å². The fraction of sp³-hybridized carbons (Fsp3) is 0.321. The van der Waals surface area contributed by atoms with Crippen molar-refractivity contribution in [2.45, 2.75) is 45.8 Å². The lowest BCUT2D eigenvalue weighted by atomic mass is 9.86. The largest absolute Gasteiger partial charge is 0.493 e. The highest BCUT2D eigenvalue weighted by Gasteiger charge is 2.32. The van der Waals surface area contributed by atoms with Crippen LogP contribution in [0.25, 0.3) is 32.9 Å². The average Bonchev–Trinajstić information content (AvgIpc) is 2.82. The van der Waals surface area contributed by atoms with Crippen molar-refractivity contribution in [3.05, 3.63) is 59.3 Å². The number of fused-ring (bicyclic) bond motifs is 1. The molecule has 7 nitrogen and oxygen atoms in total. The van der Waals surface area contributed by atoms with Gasteiger partial charge in [-0.1, -0.05) is 0 Å². The Kier molecular flexibility index (Phi) is 5.60. The molecule has 1 aliphatic heterocycles. The third-order valence-corrected chi connectivity index (χ3v) is 6.29. The molecule has 4 aromatic rings. The summed E-state index contributed by atoms with van der Waals surface area (Å²) in [6.45, 7) is 8.13. The summed E-state index contributed by atoms with van der Waals surface area (Å²) in [5.74, 6) is 0.495. The molecule has 0 radical (unpaired) electrons. The number of benzene rings is 2. The minimum atomic E-state index is -1.17. The van der Waals surface area contributed by atoms with Crippen molar-refractivity contribution in [1.82, 2.24) is 9.97 Å². The van der Waals surface area contributed by atoms with Gasteiger partial charge in [0.25, 0.3) is 0 Å². The van der Waals surface area contributed by atoms with Crippen LogP contribution in [0.1, 0.15) is 43.6 Å². The lowest BCUT2D eigenvalue weighted by molar-refractivity contribution is -0.160. The van der Waals surface area contributed by atoms with E-state index in [0.717, 1.165) is 56.5 Å². The molecule has 2 N–H and O–H groups in total. The van der Waals surface area contributed by atoms with Crippen molar-refractivity contribution in [3.8, 4) is 16.9 Å². The standard InChI is InChI=1S/C28H29N3O4/c1-15-14-19-17(7-9-21(29-5)31-19)24(22(15)26(27(32)33)35-28(2,3)4)18-6-8-20-23-16(11-13-34-20)10-12-30-25(18)23/h6-10,12,14,26H,11,13H2,1-5H3,(H,29,31)(H,32,33). The molecule has 2 aromatic heterocycles. The van der Waals surface area contributed by atoms with Gasteiger partial charge < -0.3 is 19.9 Å². The van der Waals surface area contributed by atoms with E-state index < -0.39 is 17.7 Å². The highest BCUT2D eigenvalue weighted by Crippen LogP contribution is 2.45. The Bertz CT molecular complexity index is 1460. The molecule has 5 rings (SSSR count). The van der Waals surface area contributed by atoms with Crippen molar-refractivity contribution in [2.24, 2.45) is 0 Å². The quantitative estimate of drug-likeness (QED) is 0.387. The van der Waals surface area contributed by atoms with Gasteiger partial charge >= 0.3 is 5.97 Å². The van der Waals surface area contributed by atoms with Crippen LogP contribution in [0.3, 0.4) is 0 Å². The Morgan fingerprint density at radius 1 is 1.20 bits per heavy atom. The number of aliphatic carboxylic acids is 1. The highest BCUT2D eigenvalue weighted by molar-refractivity contribution is 6.08. The van der Waals surface area contributed by atoms with E-state index in [-0.39, 0.29) is 0 Å². The second-order valence-electron chi connectivity index (χ2n) is 9.85. The first kappa shape index (κ1) is 23.1. The first-order valence-corrected chi connectivity index (χ1v) is 11.7. The summed E-state index contributed by atoms with van der Waals surface area (Å²) >= 11 is 0. The van der Waals surface area contributed by atoms with Gasteiger partial charge in [0.05, 0.1) is 23.2 Å². The monoisotopic (exact) mass is 471 g/mol. The number of carboxylic acids is 1. The molecular weight excluding hydrogens is 442 g/mol. The van der Waals surface area contributed by atoms with E-state index in [1.54, 1.807) is 0 Å². The molecule has 180 valence electrons. The minimum Gasteiger partial charge on any atom is -0.493 e. The Morgan fingerprint density at radius 3 is 2.71 bits per heavy atom. The van der Waals surface area contributed by atoms with Crippen LogP contribution in [-0.4, -0.2) is 40.3 Å². The van der Waals surface area contributed by atoms with E-state index in [2.05, 4.69) is 5.32 Å². The van der Waals surface area contributed by atoms with Crippen LogP contribution < -0.4 is 10.1 Å². The van der Waals surface area contributed by atoms with Gasteiger partial charge in [-0.25, -0.2) is 9.78 Å². The Hall–Kier alpha value is -3.71. The van der Waals surface area contributed by atoms with Gasteiger partial charge in [-0.2, -0.15) is 0 Å². The second kappa shape index (κ2) is 8.50. The number of carboxylic acid groups (broad SMARTS) is 1. The van der Waals surface area contributed by atoms with Gasteiger partial charge in [-0.15, -0.1) is 0 Å². The first-order chi connectivity index (χ1) is 16.7. The third kappa shape index (κ3) is 4.06. The average molecular weight is 472 g/mol. The fourth-order valence-electron chi connectivity index (χ4n) is 4.88. The molecule has 0 aliphatic carbocycles. The van der Waals surface area contributed by atoms with Gasteiger partial charge in [0.1, 0.15) is 11.6 Å². The first-order valence-electron chi connectivity index (χ1n) is 11.7. The van der Waals surface area contributed by atoms with Crippen molar-refractivity contribution < 1.29 is 19.4 Å². The Balaban J connectivity index is 1.91. The van der Waals surface area contributed by atoms with E-state index in [0.29, 0.717) is 12.2 Å². The maximum absolute atomic E-state index is 12.6. The minimum absolute atomic E-state index is 0.609. The summed E-state index contributed by atoms with van der Waals surface area (Å²) in [7, 11) is 1.82. The number of anilines is 1. The number of aryl methyl sites for hydroxylation is 1. The molecule has 1 atom stereocenters. The molecule has 0 spiro atoms. The Labute approximate surface area is 204 Å². The molecule has 3 heterocycles. The van der Waals surface area contributed by atoms with E-state index in [1.165, 1.54) is 5.56 Å². The number of ether oxygens (including phenoxy) is 2. The molecule has 0 bridgehead atoms. The predicted molar refractivity (Wildman–Crippen MR) is 137 cm³/mol. The van der Waals surface area contributed by atoms with Crippen molar-refractivity contribution in [1.29, 1.82) is 0 Å². The van der Waals surface area contributed by atoms with Gasteiger partial charge in [-0.3, -0.25) is 4.98 Å². The van der Waals surface area contributed by atoms with Crippen molar-refractivity contribution in [2.75, 3.05) is 19.0 Å². The molecule has 0 amide bonds. The zero-order chi connectivity index (χ0) is 24.9. The van der Waals surface area contributed by atoms with Gasteiger partial charge in [0.15, 0.2) is 6.10 Å². The van der Waals surface area contributed by atoms with Crippen molar-refractivity contribution in [3.63, 3.8) is 0 Å². The lowest BCUT2D eigenvalue weighted by Gasteiger charge is -2.29. The maximum atomic E-state index is 12.6. The van der Waals surface area contributed by atoms with E-state index in [1.807, 2.05) is 77.3 Å². The smallest absolute Gasteiger partial charge is 0.337 e. The van der Waals surface area contributed by atoms with Crippen LogP contribution in [0, 0.1) is 6.92 Å². The lowest BCUT2D eigenvalue weighted by Crippen LogP contribution is -2.28. The summed E-state index contributed by atoms with van der Waals surface area (Å²) in [6.07, 6.45) is 1.45. The van der Waals surface area contributed by atoms with E-state index in [4.69, 9.17) is 19.4 Å². The van der Waals surface area contributed by atoms with Crippen LogP contribution in [-0.2, 0) is 16.0 Å². The van der Waals surface area contributed by atoms with Crippen LogP contribution >= 0.6 is 0 Å². The Morgan fingerprint density at radius 2 is 2.00 bits per heavy atom. The number of nitrogens with one attached hydrogen (secondary N) is 1. The van der Waals surface area contributed by atoms with Gasteiger partial charge in [0, 0.05) is 41.6 Å². The number of carbonyl (C=O) groups is 1. The molecule has 1 aliphatic rings. The zero-order valence-electron chi connectivity index (χ0n) is 20.6. The summed E-state index contributed by atoms with van der Waals surface area (Å²) < 4.78 is 12.1. The molecule has 2 aromatic carbocycles. The van der Waals surface area contributed by atoms with Crippen molar-refractivity contribution >= 4 is 33.6 Å². The summed E-state index contributed by atoms with van der Waals surface area (Å²) in [5.41, 5.74) is 5.07. The fourth-order valence-corrected chi connectivity index (χ4v) is 4.88. The number of hydrogen-bond acceptors (Lipinski definition) is 6. The zero-order valence-corrected chi connectivity index (χ0v) is 20.6. The topological polar surface area (TPSA) is 93.6 Å². The van der Waals surface area contributed by atoms with E-state index in [9.17, 15) is 9.90 Å². The van der Waals surface area contributed by atoms with Crippen LogP contribution in [0.4, 0.5) is 5.82 Å². The number of hydrogen-bond donors (Lipinski definition) is 2.